The van der Waals surface area contributed by atoms with Gasteiger partial charge in [-0.05, 0) is 38.4 Å². The number of hydrogen-bond donors (Lipinski definition) is 2. The molecule has 8 nitrogen and oxygen atoms in total. The number of benzene rings is 2. The normalized spacial score (nSPS) is 11.2. The summed E-state index contributed by atoms with van der Waals surface area (Å²) in [5.74, 6) is 1.17. The van der Waals surface area contributed by atoms with Gasteiger partial charge < -0.3 is 30.0 Å². The molecule has 9 heteroatoms. The molecule has 4 rings (SSSR count). The number of nitrogens with zero attached hydrogens (tertiary/aromatic N) is 4. The molecule has 4 aromatic rings. The molecule has 0 saturated carbocycles. The number of anilines is 3. The standard InChI is InChI=1S/C24H27FN6O2/c1-30(2)10-11-33-20-9-8-15(12-19(20)26)28-24-27-13-21(32-4)22(29-24)17-14-31(3)23-16(17)6-5-7-18(23)25/h5-9,12-14H,10-11,26H2,1-4H3,(H,27,28,29). The molecule has 2 aromatic carbocycles. The van der Waals surface area contributed by atoms with Gasteiger partial charge in [-0.15, -0.1) is 0 Å². The summed E-state index contributed by atoms with van der Waals surface area (Å²) in [6, 6.07) is 10.4. The zero-order chi connectivity index (χ0) is 23.5. The second-order valence-corrected chi connectivity index (χ2v) is 7.93. The van der Waals surface area contributed by atoms with E-state index < -0.39 is 0 Å². The monoisotopic (exact) mass is 450 g/mol. The van der Waals surface area contributed by atoms with Crippen molar-refractivity contribution < 1.29 is 13.9 Å². The number of fused-ring (bicyclic) bond motifs is 1. The van der Waals surface area contributed by atoms with Gasteiger partial charge in [0.15, 0.2) is 5.75 Å². The van der Waals surface area contributed by atoms with Gasteiger partial charge in [-0.3, -0.25) is 0 Å². The zero-order valence-electron chi connectivity index (χ0n) is 19.1. The van der Waals surface area contributed by atoms with Crippen LogP contribution in [0.1, 0.15) is 0 Å². The van der Waals surface area contributed by atoms with Crippen LogP contribution in [0.3, 0.4) is 0 Å². The molecular weight excluding hydrogens is 423 g/mol. The Labute approximate surface area is 191 Å². The number of likely N-dealkylation sites (N-methyl/N-ethyl adjacent to an activating group) is 1. The van der Waals surface area contributed by atoms with Gasteiger partial charge in [0.25, 0.3) is 0 Å². The van der Waals surface area contributed by atoms with Crippen LogP contribution in [-0.4, -0.2) is 53.8 Å². The Balaban J connectivity index is 1.63. The van der Waals surface area contributed by atoms with Crippen LogP contribution in [0.15, 0.2) is 48.8 Å². The molecule has 0 atom stereocenters. The van der Waals surface area contributed by atoms with E-state index in [4.69, 9.17) is 15.2 Å². The van der Waals surface area contributed by atoms with E-state index in [1.54, 1.807) is 37.1 Å². The van der Waals surface area contributed by atoms with E-state index in [1.807, 2.05) is 43.4 Å². The summed E-state index contributed by atoms with van der Waals surface area (Å²) in [7, 11) is 7.32. The summed E-state index contributed by atoms with van der Waals surface area (Å²) in [5, 5.41) is 3.91. The molecule has 3 N–H and O–H groups in total. The third kappa shape index (κ3) is 4.68. The number of nitrogen functional groups attached to an aromatic ring is 1. The summed E-state index contributed by atoms with van der Waals surface area (Å²) in [6.07, 6.45) is 3.42. The molecule has 0 amide bonds. The van der Waals surface area contributed by atoms with Crippen LogP contribution in [0.5, 0.6) is 11.5 Å². The quantitative estimate of drug-likeness (QED) is 0.392. The van der Waals surface area contributed by atoms with Crippen LogP contribution in [0, 0.1) is 5.82 Å². The number of para-hydroxylation sites is 1. The molecule has 33 heavy (non-hydrogen) atoms. The van der Waals surface area contributed by atoms with Crippen molar-refractivity contribution in [3.05, 3.63) is 54.6 Å². The average Bonchev–Trinajstić information content (AvgIpc) is 3.12. The molecular formula is C24H27FN6O2. The van der Waals surface area contributed by atoms with Crippen LogP contribution in [0.2, 0.25) is 0 Å². The lowest BCUT2D eigenvalue weighted by molar-refractivity contribution is 0.262. The van der Waals surface area contributed by atoms with Crippen molar-refractivity contribution >= 4 is 28.2 Å². The highest BCUT2D eigenvalue weighted by molar-refractivity contribution is 5.96. The van der Waals surface area contributed by atoms with Crippen molar-refractivity contribution in [2.45, 2.75) is 0 Å². The van der Waals surface area contributed by atoms with Crippen LogP contribution < -0.4 is 20.5 Å². The fourth-order valence-electron chi connectivity index (χ4n) is 3.61. The number of aryl methyl sites for hydroxylation is 1. The molecule has 2 aromatic heterocycles. The lowest BCUT2D eigenvalue weighted by atomic mass is 10.1. The first-order valence-corrected chi connectivity index (χ1v) is 10.5. The first-order chi connectivity index (χ1) is 15.9. The number of methoxy groups -OCH3 is 1. The second-order valence-electron chi connectivity index (χ2n) is 7.93. The summed E-state index contributed by atoms with van der Waals surface area (Å²) in [6.45, 7) is 1.33. The van der Waals surface area contributed by atoms with Crippen molar-refractivity contribution in [3.63, 3.8) is 0 Å². The van der Waals surface area contributed by atoms with Crippen LogP contribution in [-0.2, 0) is 7.05 Å². The highest BCUT2D eigenvalue weighted by Crippen LogP contribution is 2.36. The molecule has 0 radical (unpaired) electrons. The maximum Gasteiger partial charge on any atom is 0.227 e. The van der Waals surface area contributed by atoms with E-state index in [2.05, 4.69) is 15.3 Å². The minimum Gasteiger partial charge on any atom is -0.493 e. The zero-order valence-corrected chi connectivity index (χ0v) is 19.1. The molecule has 2 heterocycles. The molecule has 0 aliphatic rings. The van der Waals surface area contributed by atoms with Crippen LogP contribution in [0.25, 0.3) is 22.2 Å². The van der Waals surface area contributed by atoms with Gasteiger partial charge in [0, 0.05) is 36.4 Å². The van der Waals surface area contributed by atoms with Gasteiger partial charge in [-0.1, -0.05) is 12.1 Å². The van der Waals surface area contributed by atoms with E-state index in [1.165, 1.54) is 6.07 Å². The molecule has 0 unspecified atom stereocenters. The molecule has 0 bridgehead atoms. The number of nitrogens with one attached hydrogen (secondary N) is 1. The molecule has 0 spiro atoms. The molecule has 0 saturated heterocycles. The van der Waals surface area contributed by atoms with Crippen molar-refractivity contribution in [2.24, 2.45) is 7.05 Å². The van der Waals surface area contributed by atoms with Gasteiger partial charge >= 0.3 is 0 Å². The Bertz CT molecular complexity index is 1290. The molecule has 0 aliphatic heterocycles. The number of halogens is 1. The van der Waals surface area contributed by atoms with E-state index >= 15 is 0 Å². The van der Waals surface area contributed by atoms with E-state index in [-0.39, 0.29) is 5.82 Å². The largest absolute Gasteiger partial charge is 0.493 e. The van der Waals surface area contributed by atoms with Crippen LogP contribution >= 0.6 is 0 Å². The van der Waals surface area contributed by atoms with Gasteiger partial charge in [-0.25, -0.2) is 14.4 Å². The third-order valence-corrected chi connectivity index (χ3v) is 5.24. The molecule has 172 valence electrons. The highest BCUT2D eigenvalue weighted by atomic mass is 19.1. The highest BCUT2D eigenvalue weighted by Gasteiger charge is 2.18. The molecule has 0 aliphatic carbocycles. The fraction of sp³-hybridized carbons (Fsp3) is 0.250. The predicted molar refractivity (Wildman–Crippen MR) is 129 cm³/mol. The smallest absolute Gasteiger partial charge is 0.227 e. The Morgan fingerprint density at radius 2 is 2.00 bits per heavy atom. The number of ether oxygens (including phenoxy) is 2. The summed E-state index contributed by atoms with van der Waals surface area (Å²) in [5.41, 5.74) is 9.19. The maximum atomic E-state index is 14.4. The third-order valence-electron chi connectivity index (χ3n) is 5.24. The van der Waals surface area contributed by atoms with Gasteiger partial charge in [0.1, 0.15) is 23.9 Å². The predicted octanol–water partition coefficient (Wildman–Crippen LogP) is 4.05. The van der Waals surface area contributed by atoms with Crippen LogP contribution in [0.4, 0.5) is 21.7 Å². The minimum absolute atomic E-state index is 0.295. The first kappa shape index (κ1) is 22.3. The van der Waals surface area contributed by atoms with Crippen molar-refractivity contribution in [1.29, 1.82) is 0 Å². The van der Waals surface area contributed by atoms with Gasteiger partial charge in [0.05, 0.1) is 24.5 Å². The van der Waals surface area contributed by atoms with Crippen molar-refractivity contribution in [1.82, 2.24) is 19.4 Å². The lowest BCUT2D eigenvalue weighted by Crippen LogP contribution is -2.19. The maximum absolute atomic E-state index is 14.4. The van der Waals surface area contributed by atoms with E-state index in [0.717, 1.165) is 17.5 Å². The Kier molecular flexibility index (Phi) is 6.32. The SMILES string of the molecule is COc1cnc(Nc2ccc(OCCN(C)C)c(N)c2)nc1-c1cn(C)c2c(F)cccc12. The van der Waals surface area contributed by atoms with E-state index in [9.17, 15) is 4.39 Å². The minimum atomic E-state index is -0.295. The summed E-state index contributed by atoms with van der Waals surface area (Å²) < 4.78 is 27.4. The average molecular weight is 451 g/mol. The number of nitrogens with two attached hydrogens (primary N) is 1. The Morgan fingerprint density at radius 1 is 1.18 bits per heavy atom. The fourth-order valence-corrected chi connectivity index (χ4v) is 3.61. The summed E-state index contributed by atoms with van der Waals surface area (Å²) in [4.78, 5) is 11.1. The molecule has 0 fully saturated rings. The van der Waals surface area contributed by atoms with Gasteiger partial charge in [0.2, 0.25) is 5.95 Å². The van der Waals surface area contributed by atoms with Crippen molar-refractivity contribution in [3.8, 4) is 22.8 Å². The summed E-state index contributed by atoms with van der Waals surface area (Å²) >= 11 is 0. The number of hydrogen-bond acceptors (Lipinski definition) is 7. The Hall–Kier alpha value is -3.85. The topological polar surface area (TPSA) is 90.5 Å². The number of rotatable bonds is 8. The first-order valence-electron chi connectivity index (χ1n) is 10.5. The lowest BCUT2D eigenvalue weighted by Gasteiger charge is -2.14. The number of aromatic nitrogens is 3. The van der Waals surface area contributed by atoms with Crippen molar-refractivity contribution in [2.75, 3.05) is 45.4 Å². The van der Waals surface area contributed by atoms with E-state index in [0.29, 0.717) is 46.6 Å². The Morgan fingerprint density at radius 3 is 2.73 bits per heavy atom. The van der Waals surface area contributed by atoms with Gasteiger partial charge in [-0.2, -0.15) is 0 Å². The second kappa shape index (κ2) is 9.33.